The number of hydrogen-bond acceptors (Lipinski definition) is 6. The Hall–Kier alpha value is -2.41. The molecule has 1 heterocycles. The molecule has 6 heteroatoms. The summed E-state index contributed by atoms with van der Waals surface area (Å²) in [6.07, 6.45) is -1.11. The molecule has 6 nitrogen and oxygen atoms in total. The SMILES string of the molecule is CC(C)(C)OC=O.CN1CC(O)C(c2ccc(OCc3ccccc3)cc2)[C@H](O)C1. The van der Waals surface area contributed by atoms with Gasteiger partial charge in [-0.3, -0.25) is 4.79 Å². The molecular weight excluding hydrogens is 382 g/mol. The number of nitrogens with zero attached hydrogens (tertiary/aromatic N) is 1. The van der Waals surface area contributed by atoms with Gasteiger partial charge >= 0.3 is 0 Å². The lowest BCUT2D eigenvalue weighted by atomic mass is 9.85. The zero-order valence-corrected chi connectivity index (χ0v) is 18.2. The predicted octanol–water partition coefficient (Wildman–Crippen LogP) is 2.97. The summed E-state index contributed by atoms with van der Waals surface area (Å²) >= 11 is 0. The van der Waals surface area contributed by atoms with E-state index in [9.17, 15) is 15.0 Å². The molecule has 2 aromatic carbocycles. The summed E-state index contributed by atoms with van der Waals surface area (Å²) in [6, 6.07) is 17.7. The summed E-state index contributed by atoms with van der Waals surface area (Å²) in [5.41, 5.74) is 1.75. The quantitative estimate of drug-likeness (QED) is 0.731. The lowest BCUT2D eigenvalue weighted by molar-refractivity contribution is -0.138. The zero-order chi connectivity index (χ0) is 22.1. The largest absolute Gasteiger partial charge is 0.489 e. The van der Waals surface area contributed by atoms with Gasteiger partial charge in [-0.2, -0.15) is 0 Å². The molecule has 164 valence electrons. The van der Waals surface area contributed by atoms with Crippen LogP contribution < -0.4 is 4.74 Å². The van der Waals surface area contributed by atoms with Gasteiger partial charge in [-0.1, -0.05) is 42.5 Å². The number of ether oxygens (including phenoxy) is 2. The highest BCUT2D eigenvalue weighted by Gasteiger charge is 2.34. The van der Waals surface area contributed by atoms with Gasteiger partial charge in [-0.15, -0.1) is 0 Å². The number of piperidine rings is 1. The van der Waals surface area contributed by atoms with Crippen molar-refractivity contribution in [1.82, 2.24) is 4.90 Å². The summed E-state index contributed by atoms with van der Waals surface area (Å²) < 4.78 is 10.3. The highest BCUT2D eigenvalue weighted by atomic mass is 16.5. The fourth-order valence-electron chi connectivity index (χ4n) is 3.31. The Morgan fingerprint density at radius 2 is 1.57 bits per heavy atom. The summed E-state index contributed by atoms with van der Waals surface area (Å²) in [5.74, 6) is 0.545. The van der Waals surface area contributed by atoms with Crippen molar-refractivity contribution in [1.29, 1.82) is 0 Å². The van der Waals surface area contributed by atoms with Crippen molar-refractivity contribution in [2.45, 2.75) is 51.1 Å². The maximum Gasteiger partial charge on any atom is 0.293 e. The number of benzene rings is 2. The Bertz CT molecular complexity index is 745. The zero-order valence-electron chi connectivity index (χ0n) is 18.2. The molecule has 1 saturated heterocycles. The number of carbonyl (C=O) groups is 1. The standard InChI is InChI=1S/C19H23NO3.C5H10O2/c1-20-11-17(21)19(18(22)12-20)15-7-9-16(10-8-15)23-13-14-5-3-2-4-6-14;1-5(2,3)7-4-6/h2-10,17-19,21-22H,11-13H2,1H3;4H,1-3H3/t17-,18?,19?;/m1./s1. The number of β-amino-alcohol motifs (C(OH)–C–C–N with tert-alkyl or cyclic N) is 2. The molecule has 3 rings (SSSR count). The van der Waals surface area contributed by atoms with Gasteiger partial charge in [0.05, 0.1) is 12.2 Å². The predicted molar refractivity (Wildman–Crippen MR) is 116 cm³/mol. The Morgan fingerprint density at radius 3 is 2.03 bits per heavy atom. The fourth-order valence-corrected chi connectivity index (χ4v) is 3.31. The van der Waals surface area contributed by atoms with Crippen LogP contribution in [0.2, 0.25) is 0 Å². The second-order valence-corrected chi connectivity index (χ2v) is 8.55. The number of rotatable bonds is 5. The van der Waals surface area contributed by atoms with Crippen LogP contribution in [0.3, 0.4) is 0 Å². The number of likely N-dealkylation sites (tertiary alicyclic amines) is 1. The molecule has 0 radical (unpaired) electrons. The first-order valence-corrected chi connectivity index (χ1v) is 10.1. The van der Waals surface area contributed by atoms with Gasteiger partial charge in [0, 0.05) is 19.0 Å². The van der Waals surface area contributed by atoms with Crippen molar-refractivity contribution in [3.05, 3.63) is 65.7 Å². The van der Waals surface area contributed by atoms with E-state index in [4.69, 9.17) is 4.74 Å². The lowest BCUT2D eigenvalue weighted by Gasteiger charge is -2.37. The molecule has 2 N–H and O–H groups in total. The smallest absolute Gasteiger partial charge is 0.293 e. The third kappa shape index (κ3) is 7.78. The molecule has 2 unspecified atom stereocenters. The minimum Gasteiger partial charge on any atom is -0.489 e. The van der Waals surface area contributed by atoms with Crippen LogP contribution in [0, 0.1) is 0 Å². The third-order valence-corrected chi connectivity index (χ3v) is 4.74. The molecule has 0 aromatic heterocycles. The Kier molecular flexibility index (Phi) is 8.84. The van der Waals surface area contributed by atoms with Gasteiger partial charge in [0.25, 0.3) is 6.47 Å². The van der Waals surface area contributed by atoms with E-state index in [0.717, 1.165) is 16.9 Å². The van der Waals surface area contributed by atoms with E-state index in [1.54, 1.807) is 0 Å². The van der Waals surface area contributed by atoms with Crippen molar-refractivity contribution in [2.24, 2.45) is 0 Å². The first kappa shape index (κ1) is 23.9. The molecule has 1 fully saturated rings. The highest BCUT2D eigenvalue weighted by molar-refractivity contribution is 5.37. The average Bonchev–Trinajstić information content (AvgIpc) is 2.67. The van der Waals surface area contributed by atoms with Crippen LogP contribution in [0.15, 0.2) is 54.6 Å². The van der Waals surface area contributed by atoms with Crippen LogP contribution in [-0.4, -0.2) is 59.5 Å². The van der Waals surface area contributed by atoms with E-state index < -0.39 is 12.2 Å². The highest BCUT2D eigenvalue weighted by Crippen LogP contribution is 2.29. The van der Waals surface area contributed by atoms with Gasteiger partial charge in [0.2, 0.25) is 0 Å². The van der Waals surface area contributed by atoms with Gasteiger partial charge in [0.1, 0.15) is 18.0 Å². The Morgan fingerprint density at radius 1 is 1.00 bits per heavy atom. The molecule has 30 heavy (non-hydrogen) atoms. The van der Waals surface area contributed by atoms with Crippen LogP contribution in [-0.2, 0) is 16.1 Å². The molecule has 2 aromatic rings. The van der Waals surface area contributed by atoms with Crippen LogP contribution in [0.25, 0.3) is 0 Å². The molecule has 3 atom stereocenters. The minimum atomic E-state index is -0.556. The number of hydrogen-bond donors (Lipinski definition) is 2. The van der Waals surface area contributed by atoms with E-state index in [-0.39, 0.29) is 11.5 Å². The number of aliphatic hydroxyl groups is 2. The summed E-state index contributed by atoms with van der Waals surface area (Å²) in [4.78, 5) is 11.5. The topological polar surface area (TPSA) is 79.2 Å². The molecule has 0 spiro atoms. The van der Waals surface area contributed by atoms with Crippen LogP contribution >= 0.6 is 0 Å². The van der Waals surface area contributed by atoms with Crippen LogP contribution in [0.1, 0.15) is 37.8 Å². The first-order chi connectivity index (χ1) is 14.2. The molecule has 0 bridgehead atoms. The van der Waals surface area contributed by atoms with Crippen molar-refractivity contribution in [3.8, 4) is 5.75 Å². The number of aliphatic hydroxyl groups excluding tert-OH is 2. The Balaban J connectivity index is 0.000000396. The van der Waals surface area contributed by atoms with Crippen molar-refractivity contribution in [2.75, 3.05) is 20.1 Å². The van der Waals surface area contributed by atoms with Gasteiger partial charge < -0.3 is 24.6 Å². The summed E-state index contributed by atoms with van der Waals surface area (Å²) in [6.45, 7) is 7.60. The average molecular weight is 416 g/mol. The lowest BCUT2D eigenvalue weighted by Crippen LogP contribution is -2.49. The molecule has 1 aliphatic rings. The van der Waals surface area contributed by atoms with E-state index in [1.165, 1.54) is 0 Å². The normalized spacial score (nSPS) is 21.9. The number of carbonyl (C=O) groups excluding carboxylic acids is 1. The van der Waals surface area contributed by atoms with E-state index in [0.29, 0.717) is 26.2 Å². The molecule has 0 amide bonds. The number of likely N-dealkylation sites (N-methyl/N-ethyl adjacent to an activating group) is 1. The van der Waals surface area contributed by atoms with Gasteiger partial charge in [0.15, 0.2) is 0 Å². The van der Waals surface area contributed by atoms with E-state index in [1.807, 2.05) is 87.3 Å². The van der Waals surface area contributed by atoms with Crippen LogP contribution in [0.4, 0.5) is 0 Å². The molecule has 1 aliphatic heterocycles. The monoisotopic (exact) mass is 415 g/mol. The van der Waals surface area contributed by atoms with E-state index in [2.05, 4.69) is 4.74 Å². The molecule has 0 saturated carbocycles. The van der Waals surface area contributed by atoms with E-state index >= 15 is 0 Å². The first-order valence-electron chi connectivity index (χ1n) is 10.1. The summed E-state index contributed by atoms with van der Waals surface area (Å²) in [7, 11) is 1.91. The van der Waals surface area contributed by atoms with Gasteiger partial charge in [-0.05, 0) is 51.1 Å². The fraction of sp³-hybridized carbons (Fsp3) is 0.458. The maximum atomic E-state index is 10.3. The maximum absolute atomic E-state index is 10.3. The van der Waals surface area contributed by atoms with Crippen molar-refractivity contribution >= 4 is 6.47 Å². The Labute approximate surface area is 179 Å². The third-order valence-electron chi connectivity index (χ3n) is 4.74. The molecule has 0 aliphatic carbocycles. The second kappa shape index (κ2) is 11.1. The second-order valence-electron chi connectivity index (χ2n) is 8.55. The minimum absolute atomic E-state index is 0.241. The van der Waals surface area contributed by atoms with Crippen molar-refractivity contribution in [3.63, 3.8) is 0 Å². The van der Waals surface area contributed by atoms with Gasteiger partial charge in [-0.25, -0.2) is 0 Å². The molecular formula is C24H33NO5. The summed E-state index contributed by atoms with van der Waals surface area (Å²) in [5, 5.41) is 20.5. The van der Waals surface area contributed by atoms with Crippen LogP contribution in [0.5, 0.6) is 5.75 Å². The van der Waals surface area contributed by atoms with Crippen molar-refractivity contribution < 1.29 is 24.5 Å².